The van der Waals surface area contributed by atoms with Crippen molar-refractivity contribution < 1.29 is 19.1 Å². The molecular weight excluding hydrogens is 294 g/mol. The highest BCUT2D eigenvalue weighted by molar-refractivity contribution is 6.06. The molecule has 1 aromatic rings. The summed E-state index contributed by atoms with van der Waals surface area (Å²) in [7, 11) is 1.34. The first-order valence-corrected chi connectivity index (χ1v) is 7.94. The van der Waals surface area contributed by atoms with Crippen LogP contribution < -0.4 is 5.32 Å². The zero-order valence-electron chi connectivity index (χ0n) is 13.4. The Morgan fingerprint density at radius 1 is 1.35 bits per heavy atom. The monoisotopic (exact) mass is 315 g/mol. The molecular formula is C18H21NO4. The van der Waals surface area contributed by atoms with Gasteiger partial charge in [-0.1, -0.05) is 37.3 Å². The van der Waals surface area contributed by atoms with Gasteiger partial charge in [0.05, 0.1) is 24.4 Å². The van der Waals surface area contributed by atoms with Crippen molar-refractivity contribution >= 4 is 11.9 Å². The van der Waals surface area contributed by atoms with Crippen molar-refractivity contribution in [2.45, 2.75) is 44.4 Å². The lowest BCUT2D eigenvalue weighted by Crippen LogP contribution is -2.35. The van der Waals surface area contributed by atoms with E-state index in [2.05, 4.69) is 5.32 Å². The summed E-state index contributed by atoms with van der Waals surface area (Å²) in [6.45, 7) is 2.39. The minimum absolute atomic E-state index is 0.241. The number of rotatable bonds is 5. The van der Waals surface area contributed by atoms with E-state index in [9.17, 15) is 9.59 Å². The molecule has 2 bridgehead atoms. The van der Waals surface area contributed by atoms with Gasteiger partial charge in [-0.15, -0.1) is 0 Å². The SMILES string of the molecule is CCC12CCC(O1)C(C(=O)NCc1ccccc1)=C2C(=O)OC. The zero-order chi connectivity index (χ0) is 16.4. The third kappa shape index (κ3) is 2.65. The maximum Gasteiger partial charge on any atom is 0.337 e. The molecule has 1 amide bonds. The molecule has 0 radical (unpaired) electrons. The Morgan fingerprint density at radius 3 is 2.74 bits per heavy atom. The molecule has 1 aromatic carbocycles. The number of methoxy groups -OCH3 is 1. The number of benzene rings is 1. The molecule has 2 heterocycles. The van der Waals surface area contributed by atoms with Crippen LogP contribution in [0.15, 0.2) is 41.5 Å². The number of hydrogen-bond acceptors (Lipinski definition) is 4. The average molecular weight is 315 g/mol. The smallest absolute Gasteiger partial charge is 0.337 e. The Bertz CT molecular complexity index is 652. The molecule has 3 rings (SSSR count). The van der Waals surface area contributed by atoms with Gasteiger partial charge in [-0.25, -0.2) is 4.79 Å². The van der Waals surface area contributed by atoms with E-state index in [-0.39, 0.29) is 12.0 Å². The molecule has 23 heavy (non-hydrogen) atoms. The number of carbonyl (C=O) groups excluding carboxylic acids is 2. The van der Waals surface area contributed by atoms with E-state index < -0.39 is 11.6 Å². The number of esters is 1. The first-order chi connectivity index (χ1) is 11.1. The highest BCUT2D eigenvalue weighted by Gasteiger charge is 2.55. The molecule has 2 unspecified atom stereocenters. The summed E-state index contributed by atoms with van der Waals surface area (Å²) in [5, 5.41) is 2.89. The van der Waals surface area contributed by atoms with E-state index in [1.54, 1.807) is 0 Å². The lowest BCUT2D eigenvalue weighted by atomic mass is 9.80. The second-order valence-corrected chi connectivity index (χ2v) is 5.94. The minimum Gasteiger partial charge on any atom is -0.466 e. The van der Waals surface area contributed by atoms with Crippen LogP contribution in [-0.2, 0) is 25.6 Å². The summed E-state index contributed by atoms with van der Waals surface area (Å²) in [4.78, 5) is 24.9. The predicted molar refractivity (Wildman–Crippen MR) is 84.5 cm³/mol. The van der Waals surface area contributed by atoms with Crippen LogP contribution in [0.3, 0.4) is 0 Å². The number of fused-ring (bicyclic) bond motifs is 2. The topological polar surface area (TPSA) is 64.6 Å². The third-order valence-electron chi connectivity index (χ3n) is 4.73. The van der Waals surface area contributed by atoms with Gasteiger partial charge in [-0.05, 0) is 24.8 Å². The second kappa shape index (κ2) is 6.16. The van der Waals surface area contributed by atoms with Crippen LogP contribution in [-0.4, -0.2) is 30.7 Å². The van der Waals surface area contributed by atoms with E-state index in [4.69, 9.17) is 9.47 Å². The molecule has 0 aliphatic carbocycles. The van der Waals surface area contributed by atoms with Crippen LogP contribution in [0.1, 0.15) is 31.7 Å². The van der Waals surface area contributed by atoms with Crippen molar-refractivity contribution in [1.29, 1.82) is 0 Å². The van der Waals surface area contributed by atoms with Crippen molar-refractivity contribution in [3.8, 4) is 0 Å². The fourth-order valence-electron chi connectivity index (χ4n) is 3.52. The molecule has 122 valence electrons. The maximum atomic E-state index is 12.6. The van der Waals surface area contributed by atoms with Crippen LogP contribution in [0.2, 0.25) is 0 Å². The highest BCUT2D eigenvalue weighted by atomic mass is 16.5. The number of hydrogen-bond donors (Lipinski definition) is 1. The fraction of sp³-hybridized carbons (Fsp3) is 0.444. The van der Waals surface area contributed by atoms with Crippen LogP contribution in [0.25, 0.3) is 0 Å². The molecule has 1 N–H and O–H groups in total. The lowest BCUT2D eigenvalue weighted by Gasteiger charge is -2.26. The summed E-state index contributed by atoms with van der Waals surface area (Å²) >= 11 is 0. The zero-order valence-corrected chi connectivity index (χ0v) is 13.4. The van der Waals surface area contributed by atoms with Crippen molar-refractivity contribution in [3.05, 3.63) is 47.0 Å². The quantitative estimate of drug-likeness (QED) is 0.845. The Hall–Kier alpha value is -2.14. The second-order valence-electron chi connectivity index (χ2n) is 5.94. The number of ether oxygens (including phenoxy) is 2. The first-order valence-electron chi connectivity index (χ1n) is 7.94. The standard InChI is InChI=1S/C18H21NO4/c1-3-18-10-9-13(23-18)14(15(18)17(21)22-2)16(20)19-11-12-7-5-4-6-8-12/h4-8,13H,3,9-11H2,1-2H3,(H,19,20). The van der Waals surface area contributed by atoms with Gasteiger partial charge in [0.15, 0.2) is 0 Å². The Balaban J connectivity index is 1.85. The summed E-state index contributed by atoms with van der Waals surface area (Å²) < 4.78 is 10.9. The summed E-state index contributed by atoms with van der Waals surface area (Å²) in [5.41, 5.74) is 1.21. The Morgan fingerprint density at radius 2 is 2.09 bits per heavy atom. The van der Waals surface area contributed by atoms with Crippen LogP contribution in [0.4, 0.5) is 0 Å². The summed E-state index contributed by atoms with van der Waals surface area (Å²) in [6.07, 6.45) is 1.87. The van der Waals surface area contributed by atoms with Gasteiger partial charge in [-0.2, -0.15) is 0 Å². The largest absolute Gasteiger partial charge is 0.466 e. The van der Waals surface area contributed by atoms with Crippen molar-refractivity contribution in [2.75, 3.05) is 7.11 Å². The summed E-state index contributed by atoms with van der Waals surface area (Å²) in [6, 6.07) is 9.67. The van der Waals surface area contributed by atoms with Crippen molar-refractivity contribution in [1.82, 2.24) is 5.32 Å². The Labute approximate surface area is 135 Å². The predicted octanol–water partition coefficient (Wildman–Crippen LogP) is 2.11. The third-order valence-corrected chi connectivity index (χ3v) is 4.73. The number of amides is 1. The van der Waals surface area contributed by atoms with Gasteiger partial charge < -0.3 is 14.8 Å². The van der Waals surface area contributed by atoms with E-state index in [0.29, 0.717) is 24.1 Å². The molecule has 0 saturated carbocycles. The number of carbonyl (C=O) groups is 2. The lowest BCUT2D eigenvalue weighted by molar-refractivity contribution is -0.138. The summed E-state index contributed by atoms with van der Waals surface area (Å²) in [5.74, 6) is -0.701. The van der Waals surface area contributed by atoms with Crippen LogP contribution >= 0.6 is 0 Å². The molecule has 2 atom stereocenters. The first kappa shape index (κ1) is 15.7. The average Bonchev–Trinajstić information content (AvgIpc) is 3.16. The molecule has 1 saturated heterocycles. The van der Waals surface area contributed by atoms with Crippen LogP contribution in [0, 0.1) is 0 Å². The minimum atomic E-state index is -0.656. The van der Waals surface area contributed by atoms with E-state index in [1.165, 1.54) is 7.11 Å². The molecule has 0 spiro atoms. The Kier molecular flexibility index (Phi) is 4.22. The van der Waals surface area contributed by atoms with E-state index >= 15 is 0 Å². The van der Waals surface area contributed by atoms with Gasteiger partial charge >= 0.3 is 5.97 Å². The van der Waals surface area contributed by atoms with Crippen molar-refractivity contribution in [3.63, 3.8) is 0 Å². The van der Waals surface area contributed by atoms with Crippen LogP contribution in [0.5, 0.6) is 0 Å². The van der Waals surface area contributed by atoms with Gasteiger partial charge in [-0.3, -0.25) is 4.79 Å². The van der Waals surface area contributed by atoms with E-state index in [1.807, 2.05) is 37.3 Å². The van der Waals surface area contributed by atoms with Gasteiger partial charge in [0.25, 0.3) is 5.91 Å². The molecule has 5 nitrogen and oxygen atoms in total. The van der Waals surface area contributed by atoms with Crippen molar-refractivity contribution in [2.24, 2.45) is 0 Å². The van der Waals surface area contributed by atoms with E-state index in [0.717, 1.165) is 18.4 Å². The molecule has 1 fully saturated rings. The molecule has 2 aliphatic heterocycles. The normalized spacial score (nSPS) is 25.6. The van der Waals surface area contributed by atoms with Gasteiger partial charge in [0, 0.05) is 6.54 Å². The highest BCUT2D eigenvalue weighted by Crippen LogP contribution is 2.49. The number of nitrogens with one attached hydrogen (secondary N) is 1. The van der Waals surface area contributed by atoms with Gasteiger partial charge in [0.1, 0.15) is 5.60 Å². The van der Waals surface area contributed by atoms with Gasteiger partial charge in [0.2, 0.25) is 0 Å². The molecule has 2 aliphatic rings. The molecule has 5 heteroatoms. The molecule has 0 aromatic heterocycles. The fourth-order valence-corrected chi connectivity index (χ4v) is 3.52. The maximum absolute atomic E-state index is 12.6.